The quantitative estimate of drug-likeness (QED) is 0.627. The van der Waals surface area contributed by atoms with Crippen molar-refractivity contribution >= 4 is 0 Å². The Kier molecular flexibility index (Phi) is 3.13. The van der Waals surface area contributed by atoms with Gasteiger partial charge >= 0.3 is 0 Å². The predicted molar refractivity (Wildman–Crippen MR) is 51.3 cm³/mol. The van der Waals surface area contributed by atoms with Crippen LogP contribution in [0.5, 0.6) is 0 Å². The molecule has 0 bridgehead atoms. The normalized spacial score (nSPS) is 26.5. The van der Waals surface area contributed by atoms with Crippen LogP contribution in [0.2, 0.25) is 0 Å². The number of hydrogen-bond acceptors (Lipinski definition) is 2. The van der Waals surface area contributed by atoms with E-state index in [0.717, 1.165) is 12.5 Å². The van der Waals surface area contributed by atoms with Crippen LogP contribution in [0.4, 0.5) is 0 Å². The Bertz CT molecular complexity index is 139. The minimum Gasteiger partial charge on any atom is -0.376 e. The highest BCUT2D eigenvalue weighted by Gasteiger charge is 2.21. The van der Waals surface area contributed by atoms with Crippen molar-refractivity contribution in [3.05, 3.63) is 0 Å². The Morgan fingerprint density at radius 2 is 2.08 bits per heavy atom. The molecule has 1 atom stereocenters. The second-order valence-corrected chi connectivity index (χ2v) is 4.84. The topological polar surface area (TPSA) is 12.5 Å². The summed E-state index contributed by atoms with van der Waals surface area (Å²) in [4.78, 5) is 2.37. The molecule has 0 radical (unpaired) electrons. The van der Waals surface area contributed by atoms with Gasteiger partial charge in [-0.15, -0.1) is 0 Å². The molecule has 0 amide bonds. The summed E-state index contributed by atoms with van der Waals surface area (Å²) in [6.07, 6.45) is 1.30. The van der Waals surface area contributed by atoms with Gasteiger partial charge in [0, 0.05) is 6.54 Å². The van der Waals surface area contributed by atoms with Gasteiger partial charge in [-0.1, -0.05) is 0 Å². The number of likely N-dealkylation sites (tertiary alicyclic amines) is 1. The van der Waals surface area contributed by atoms with E-state index in [0.29, 0.717) is 0 Å². The standard InChI is InChI=1S/C10H21NO/c1-10(2,3)12-8-9-5-6-11(4)7-9/h9H,5-8H2,1-4H3/t9-/m1/s1. The molecule has 0 N–H and O–H groups in total. The van der Waals surface area contributed by atoms with E-state index in [1.54, 1.807) is 0 Å². The lowest BCUT2D eigenvalue weighted by atomic mass is 10.1. The van der Waals surface area contributed by atoms with Crippen molar-refractivity contribution in [2.45, 2.75) is 32.8 Å². The maximum absolute atomic E-state index is 5.73. The van der Waals surface area contributed by atoms with E-state index < -0.39 is 0 Å². The summed E-state index contributed by atoms with van der Waals surface area (Å²) in [6, 6.07) is 0. The largest absolute Gasteiger partial charge is 0.376 e. The van der Waals surface area contributed by atoms with E-state index in [-0.39, 0.29) is 5.60 Å². The zero-order valence-electron chi connectivity index (χ0n) is 8.76. The fourth-order valence-electron chi connectivity index (χ4n) is 1.53. The number of ether oxygens (including phenoxy) is 1. The number of rotatable bonds is 2. The van der Waals surface area contributed by atoms with Crippen LogP contribution >= 0.6 is 0 Å². The van der Waals surface area contributed by atoms with Crippen molar-refractivity contribution in [1.82, 2.24) is 4.90 Å². The Morgan fingerprint density at radius 3 is 2.50 bits per heavy atom. The third-order valence-electron chi connectivity index (χ3n) is 2.24. The molecule has 2 heteroatoms. The Hall–Kier alpha value is -0.0800. The summed E-state index contributed by atoms with van der Waals surface area (Å²) < 4.78 is 5.73. The highest BCUT2D eigenvalue weighted by molar-refractivity contribution is 4.73. The molecule has 0 aromatic rings. The lowest BCUT2D eigenvalue weighted by molar-refractivity contribution is -0.0202. The summed E-state index contributed by atoms with van der Waals surface area (Å²) >= 11 is 0. The van der Waals surface area contributed by atoms with Crippen molar-refractivity contribution in [1.29, 1.82) is 0 Å². The van der Waals surface area contributed by atoms with Gasteiger partial charge < -0.3 is 9.64 Å². The Morgan fingerprint density at radius 1 is 1.42 bits per heavy atom. The zero-order valence-corrected chi connectivity index (χ0v) is 8.76. The molecule has 0 unspecified atom stereocenters. The van der Waals surface area contributed by atoms with Crippen molar-refractivity contribution < 1.29 is 4.74 Å². The fraction of sp³-hybridized carbons (Fsp3) is 1.00. The summed E-state index contributed by atoms with van der Waals surface area (Å²) in [5.41, 5.74) is 0.0289. The fourth-order valence-corrected chi connectivity index (χ4v) is 1.53. The summed E-state index contributed by atoms with van der Waals surface area (Å²) in [5.74, 6) is 0.759. The average Bonchev–Trinajstić information content (AvgIpc) is 2.30. The van der Waals surface area contributed by atoms with Gasteiger partial charge in [0.2, 0.25) is 0 Å². The Balaban J connectivity index is 2.16. The predicted octanol–water partition coefficient (Wildman–Crippen LogP) is 1.75. The van der Waals surface area contributed by atoms with Crippen LogP contribution in [-0.2, 0) is 4.74 Å². The van der Waals surface area contributed by atoms with Crippen molar-refractivity contribution in [3.8, 4) is 0 Å². The molecule has 0 aliphatic carbocycles. The molecule has 2 nitrogen and oxygen atoms in total. The maximum atomic E-state index is 5.73. The van der Waals surface area contributed by atoms with Crippen LogP contribution in [0.25, 0.3) is 0 Å². The van der Waals surface area contributed by atoms with Crippen LogP contribution in [-0.4, -0.2) is 37.2 Å². The van der Waals surface area contributed by atoms with Crippen molar-refractivity contribution in [2.24, 2.45) is 5.92 Å². The second-order valence-electron chi connectivity index (χ2n) is 4.84. The van der Waals surface area contributed by atoms with Gasteiger partial charge in [-0.05, 0) is 46.7 Å². The molecule has 1 aliphatic rings. The van der Waals surface area contributed by atoms with Gasteiger partial charge in [-0.25, -0.2) is 0 Å². The monoisotopic (exact) mass is 171 g/mol. The first-order chi connectivity index (χ1) is 5.47. The van der Waals surface area contributed by atoms with E-state index in [1.165, 1.54) is 19.5 Å². The first-order valence-electron chi connectivity index (χ1n) is 4.80. The van der Waals surface area contributed by atoms with Gasteiger partial charge in [0.05, 0.1) is 12.2 Å². The van der Waals surface area contributed by atoms with Gasteiger partial charge in [0.15, 0.2) is 0 Å². The first kappa shape index (κ1) is 10.0. The third-order valence-corrected chi connectivity index (χ3v) is 2.24. The van der Waals surface area contributed by atoms with Crippen LogP contribution < -0.4 is 0 Å². The van der Waals surface area contributed by atoms with Crippen molar-refractivity contribution in [3.63, 3.8) is 0 Å². The van der Waals surface area contributed by atoms with Gasteiger partial charge in [0.25, 0.3) is 0 Å². The molecule has 0 saturated carbocycles. The molecule has 1 heterocycles. The highest BCUT2D eigenvalue weighted by atomic mass is 16.5. The first-order valence-corrected chi connectivity index (χ1v) is 4.80. The lowest BCUT2D eigenvalue weighted by Crippen LogP contribution is -2.24. The maximum Gasteiger partial charge on any atom is 0.0598 e. The molecule has 0 aromatic heterocycles. The molecule has 12 heavy (non-hydrogen) atoms. The van der Waals surface area contributed by atoms with Crippen LogP contribution in [0.1, 0.15) is 27.2 Å². The molecule has 0 aromatic carbocycles. The molecular weight excluding hydrogens is 150 g/mol. The number of nitrogens with zero attached hydrogens (tertiary/aromatic N) is 1. The lowest BCUT2D eigenvalue weighted by Gasteiger charge is -2.22. The zero-order chi connectivity index (χ0) is 9.19. The average molecular weight is 171 g/mol. The molecule has 72 valence electrons. The van der Waals surface area contributed by atoms with Crippen LogP contribution in [0.3, 0.4) is 0 Å². The third kappa shape index (κ3) is 3.55. The van der Waals surface area contributed by atoms with Crippen LogP contribution in [0.15, 0.2) is 0 Å². The van der Waals surface area contributed by atoms with E-state index >= 15 is 0 Å². The van der Waals surface area contributed by atoms with Gasteiger partial charge in [-0.2, -0.15) is 0 Å². The summed E-state index contributed by atoms with van der Waals surface area (Å²) in [7, 11) is 2.18. The molecule has 0 spiro atoms. The van der Waals surface area contributed by atoms with Gasteiger partial charge in [0.1, 0.15) is 0 Å². The van der Waals surface area contributed by atoms with Crippen molar-refractivity contribution in [2.75, 3.05) is 26.7 Å². The molecule has 1 aliphatic heterocycles. The molecule has 1 saturated heterocycles. The minimum atomic E-state index is 0.0289. The molecule has 1 fully saturated rings. The SMILES string of the molecule is CN1CC[C@@H](COC(C)(C)C)C1. The molecule has 1 rings (SSSR count). The Labute approximate surface area is 75.9 Å². The van der Waals surface area contributed by atoms with Gasteiger partial charge in [-0.3, -0.25) is 0 Å². The van der Waals surface area contributed by atoms with Crippen LogP contribution in [0, 0.1) is 5.92 Å². The summed E-state index contributed by atoms with van der Waals surface area (Å²) in [5, 5.41) is 0. The smallest absolute Gasteiger partial charge is 0.0598 e. The van der Waals surface area contributed by atoms with E-state index in [9.17, 15) is 0 Å². The van der Waals surface area contributed by atoms with E-state index in [4.69, 9.17) is 4.74 Å². The van der Waals surface area contributed by atoms with E-state index in [2.05, 4.69) is 32.7 Å². The summed E-state index contributed by atoms with van der Waals surface area (Å²) in [6.45, 7) is 9.71. The minimum absolute atomic E-state index is 0.0289. The highest BCUT2D eigenvalue weighted by Crippen LogP contribution is 2.17. The molecular formula is C10H21NO. The number of hydrogen-bond donors (Lipinski definition) is 0. The second kappa shape index (κ2) is 3.75. The van der Waals surface area contributed by atoms with E-state index in [1.807, 2.05) is 0 Å².